The summed E-state index contributed by atoms with van der Waals surface area (Å²) in [6.07, 6.45) is 6.09. The van der Waals surface area contributed by atoms with Crippen molar-refractivity contribution in [3.63, 3.8) is 0 Å². The quantitative estimate of drug-likeness (QED) is 0.396. The Hall–Kier alpha value is -2.20. The van der Waals surface area contributed by atoms with Crippen LogP contribution in [0.4, 0.5) is 0 Å². The Morgan fingerprint density at radius 1 is 1.32 bits per heavy atom. The SMILES string of the molecule is C=N/C=C(N)\C=N/CNCCC(=C)CCc1ccccc1C. The molecule has 0 saturated heterocycles. The van der Waals surface area contributed by atoms with Gasteiger partial charge >= 0.3 is 0 Å². The van der Waals surface area contributed by atoms with Gasteiger partial charge in [-0.25, -0.2) is 0 Å². The molecular formula is C18H26N4. The summed E-state index contributed by atoms with van der Waals surface area (Å²) in [5, 5.41) is 3.24. The molecule has 0 aliphatic rings. The molecule has 3 N–H and O–H groups in total. The molecule has 1 aromatic carbocycles. The van der Waals surface area contributed by atoms with Gasteiger partial charge in [-0.3, -0.25) is 15.3 Å². The maximum atomic E-state index is 5.59. The van der Waals surface area contributed by atoms with Crippen molar-refractivity contribution in [2.45, 2.75) is 26.2 Å². The maximum absolute atomic E-state index is 5.59. The zero-order valence-corrected chi connectivity index (χ0v) is 13.4. The number of hydrogen-bond donors (Lipinski definition) is 2. The molecule has 0 fully saturated rings. The van der Waals surface area contributed by atoms with E-state index in [1.165, 1.54) is 22.9 Å². The molecular weight excluding hydrogens is 272 g/mol. The molecule has 0 amide bonds. The van der Waals surface area contributed by atoms with Gasteiger partial charge in [-0.15, -0.1) is 0 Å². The van der Waals surface area contributed by atoms with Gasteiger partial charge in [0.25, 0.3) is 0 Å². The fourth-order valence-corrected chi connectivity index (χ4v) is 2.03. The van der Waals surface area contributed by atoms with Gasteiger partial charge in [-0.2, -0.15) is 0 Å². The van der Waals surface area contributed by atoms with Gasteiger partial charge in [-0.1, -0.05) is 36.4 Å². The molecule has 0 saturated carbocycles. The van der Waals surface area contributed by atoms with Crippen molar-refractivity contribution in [2.24, 2.45) is 15.7 Å². The first kappa shape index (κ1) is 17.9. The van der Waals surface area contributed by atoms with E-state index in [1.807, 2.05) is 0 Å². The minimum Gasteiger partial charge on any atom is -0.396 e. The maximum Gasteiger partial charge on any atom is 0.0885 e. The minimum absolute atomic E-state index is 0.499. The van der Waals surface area contributed by atoms with Crippen molar-refractivity contribution in [2.75, 3.05) is 13.2 Å². The highest BCUT2D eigenvalue weighted by atomic mass is 15.0. The predicted molar refractivity (Wildman–Crippen MR) is 96.4 cm³/mol. The molecule has 1 aromatic rings. The number of nitrogens with zero attached hydrogens (tertiary/aromatic N) is 2. The third-order valence-electron chi connectivity index (χ3n) is 3.35. The molecule has 0 bridgehead atoms. The van der Waals surface area contributed by atoms with E-state index in [4.69, 9.17) is 5.73 Å². The van der Waals surface area contributed by atoms with Crippen LogP contribution in [0.2, 0.25) is 0 Å². The van der Waals surface area contributed by atoms with E-state index in [2.05, 4.69) is 59.8 Å². The summed E-state index contributed by atoms with van der Waals surface area (Å²) in [5.74, 6) is 0. The number of nitrogens with one attached hydrogen (secondary N) is 1. The zero-order valence-electron chi connectivity index (χ0n) is 13.4. The molecule has 22 heavy (non-hydrogen) atoms. The molecule has 0 aromatic heterocycles. The first-order chi connectivity index (χ1) is 10.6. The first-order valence-electron chi connectivity index (χ1n) is 7.46. The van der Waals surface area contributed by atoms with E-state index in [1.54, 1.807) is 6.21 Å². The van der Waals surface area contributed by atoms with Crippen LogP contribution in [0.3, 0.4) is 0 Å². The number of aryl methyl sites for hydroxylation is 2. The Morgan fingerprint density at radius 2 is 2.09 bits per heavy atom. The highest BCUT2D eigenvalue weighted by Crippen LogP contribution is 2.13. The zero-order chi connectivity index (χ0) is 16.2. The van der Waals surface area contributed by atoms with Crippen LogP contribution in [-0.2, 0) is 6.42 Å². The molecule has 0 atom stereocenters. The van der Waals surface area contributed by atoms with Gasteiger partial charge in [0.2, 0.25) is 0 Å². The van der Waals surface area contributed by atoms with Gasteiger partial charge in [0.15, 0.2) is 0 Å². The second kappa shape index (κ2) is 10.5. The third-order valence-corrected chi connectivity index (χ3v) is 3.35. The molecule has 118 valence electrons. The lowest BCUT2D eigenvalue weighted by Crippen LogP contribution is -2.16. The van der Waals surface area contributed by atoms with E-state index in [0.29, 0.717) is 12.4 Å². The van der Waals surface area contributed by atoms with Crippen LogP contribution >= 0.6 is 0 Å². The molecule has 0 aliphatic carbocycles. The lowest BCUT2D eigenvalue weighted by atomic mass is 10.00. The number of nitrogens with two attached hydrogens (primary N) is 1. The summed E-state index contributed by atoms with van der Waals surface area (Å²) < 4.78 is 0. The molecule has 0 heterocycles. The highest BCUT2D eigenvalue weighted by molar-refractivity contribution is 5.77. The van der Waals surface area contributed by atoms with E-state index in [9.17, 15) is 0 Å². The smallest absolute Gasteiger partial charge is 0.0885 e. The lowest BCUT2D eigenvalue weighted by molar-refractivity contribution is 0.687. The Labute approximate surface area is 133 Å². The molecule has 4 nitrogen and oxygen atoms in total. The van der Waals surface area contributed by atoms with Crippen molar-refractivity contribution in [3.8, 4) is 0 Å². The Morgan fingerprint density at radius 3 is 2.82 bits per heavy atom. The standard InChI is InChI=1S/C18H26N4/c1-15(8-9-17-7-5-4-6-16(17)2)10-11-21-14-22-13-18(19)12-20-3/h4-7,12-13,21H,1,3,8-11,14,19H2,2H3/b18-12+,22-13-. The summed E-state index contributed by atoms with van der Waals surface area (Å²) in [6.45, 7) is 11.0. The number of hydrogen-bond acceptors (Lipinski definition) is 4. The van der Waals surface area contributed by atoms with E-state index in [0.717, 1.165) is 25.8 Å². The highest BCUT2D eigenvalue weighted by Gasteiger charge is 1.99. The van der Waals surface area contributed by atoms with Gasteiger partial charge in [0, 0.05) is 12.8 Å². The van der Waals surface area contributed by atoms with Crippen molar-refractivity contribution in [3.05, 3.63) is 59.4 Å². The van der Waals surface area contributed by atoms with Crippen molar-refractivity contribution >= 4 is 12.9 Å². The Kier molecular flexibility index (Phi) is 8.53. The first-order valence-corrected chi connectivity index (χ1v) is 7.46. The third kappa shape index (κ3) is 7.55. The van der Waals surface area contributed by atoms with Crippen molar-refractivity contribution in [1.82, 2.24) is 5.32 Å². The van der Waals surface area contributed by atoms with Crippen LogP contribution in [0.5, 0.6) is 0 Å². The summed E-state index contributed by atoms with van der Waals surface area (Å²) >= 11 is 0. The molecule has 1 rings (SSSR count). The summed E-state index contributed by atoms with van der Waals surface area (Å²) in [4.78, 5) is 7.71. The molecule has 4 heteroatoms. The summed E-state index contributed by atoms with van der Waals surface area (Å²) in [5.41, 5.74) is 10.1. The molecule has 0 unspecified atom stereocenters. The van der Waals surface area contributed by atoms with Crippen LogP contribution in [0.1, 0.15) is 24.0 Å². The lowest BCUT2D eigenvalue weighted by Gasteiger charge is -2.08. The van der Waals surface area contributed by atoms with E-state index >= 15 is 0 Å². The van der Waals surface area contributed by atoms with Crippen LogP contribution in [-0.4, -0.2) is 26.1 Å². The van der Waals surface area contributed by atoms with E-state index < -0.39 is 0 Å². The second-order valence-corrected chi connectivity index (χ2v) is 5.21. The average Bonchev–Trinajstić information content (AvgIpc) is 2.50. The number of benzene rings is 1. The van der Waals surface area contributed by atoms with Gasteiger partial charge < -0.3 is 5.73 Å². The molecule has 0 aliphatic heterocycles. The Bertz CT molecular complexity index is 544. The number of allylic oxidation sites excluding steroid dienone is 1. The van der Waals surface area contributed by atoms with Crippen LogP contribution in [0, 0.1) is 6.92 Å². The van der Waals surface area contributed by atoms with Crippen molar-refractivity contribution < 1.29 is 0 Å². The largest absolute Gasteiger partial charge is 0.396 e. The van der Waals surface area contributed by atoms with Crippen LogP contribution in [0.15, 0.2) is 58.3 Å². The van der Waals surface area contributed by atoms with Gasteiger partial charge in [0.05, 0.1) is 18.6 Å². The predicted octanol–water partition coefficient (Wildman–Crippen LogP) is 2.99. The number of aliphatic imine (C=N–C) groups is 2. The van der Waals surface area contributed by atoms with Crippen LogP contribution < -0.4 is 11.1 Å². The molecule has 0 radical (unpaired) electrons. The van der Waals surface area contributed by atoms with E-state index in [-0.39, 0.29) is 0 Å². The molecule has 0 spiro atoms. The fraction of sp³-hybridized carbons (Fsp3) is 0.333. The van der Waals surface area contributed by atoms with Gasteiger partial charge in [0.1, 0.15) is 0 Å². The second-order valence-electron chi connectivity index (χ2n) is 5.21. The van der Waals surface area contributed by atoms with Crippen LogP contribution in [0.25, 0.3) is 0 Å². The number of rotatable bonds is 10. The normalized spacial score (nSPS) is 11.8. The summed E-state index contributed by atoms with van der Waals surface area (Å²) in [7, 11) is 0. The van der Waals surface area contributed by atoms with Gasteiger partial charge in [-0.05, 0) is 44.0 Å². The average molecular weight is 298 g/mol. The summed E-state index contributed by atoms with van der Waals surface area (Å²) in [6, 6.07) is 8.50. The topological polar surface area (TPSA) is 62.8 Å². The van der Waals surface area contributed by atoms with Crippen molar-refractivity contribution in [1.29, 1.82) is 0 Å². The fourth-order valence-electron chi connectivity index (χ4n) is 2.03. The minimum atomic E-state index is 0.499. The Balaban J connectivity index is 2.15. The monoisotopic (exact) mass is 298 g/mol.